The minimum atomic E-state index is -1.04. The van der Waals surface area contributed by atoms with Gasteiger partial charge in [0.1, 0.15) is 11.6 Å². The molecule has 3 fully saturated rings. The number of carbonyl (C=O) groups is 3. The van der Waals surface area contributed by atoms with Gasteiger partial charge in [-0.1, -0.05) is 52.7 Å². The van der Waals surface area contributed by atoms with Gasteiger partial charge in [0.25, 0.3) is 0 Å². The Balaban J connectivity index is 2.08. The number of ether oxygens (including phenoxy) is 1. The smallest absolute Gasteiger partial charge is 0.249 e. The molecule has 2 unspecified atom stereocenters. The molecule has 8 heteroatoms. The molecule has 0 aliphatic carbocycles. The van der Waals surface area contributed by atoms with Crippen molar-refractivity contribution in [2.24, 2.45) is 17.3 Å². The molecule has 0 saturated carbocycles. The van der Waals surface area contributed by atoms with E-state index < -0.39 is 34.6 Å². The average molecular weight is 588 g/mol. The summed E-state index contributed by atoms with van der Waals surface area (Å²) < 4.78 is 6.89. The molecule has 3 aliphatic rings. The highest BCUT2D eigenvalue weighted by molar-refractivity contribution is 5.99. The lowest BCUT2D eigenvalue weighted by Gasteiger charge is -2.45. The summed E-state index contributed by atoms with van der Waals surface area (Å²) in [4.78, 5) is 48.9. The number of aliphatic hydroxyl groups excluding tert-OH is 1. The molecule has 1 N–H and O–H groups in total. The molecule has 3 aliphatic heterocycles. The van der Waals surface area contributed by atoms with Crippen molar-refractivity contribution in [3.05, 3.63) is 25.3 Å². The lowest BCUT2D eigenvalue weighted by atomic mass is 9.66. The van der Waals surface area contributed by atoms with Crippen LogP contribution in [0.5, 0.6) is 0 Å². The normalized spacial score (nSPS) is 28.6. The Hall–Kier alpha value is -2.19. The van der Waals surface area contributed by atoms with Crippen LogP contribution in [0.2, 0.25) is 0 Å². The van der Waals surface area contributed by atoms with Crippen LogP contribution in [0.25, 0.3) is 0 Å². The molecule has 3 amide bonds. The number of hydrogen-bond acceptors (Lipinski definition) is 5. The van der Waals surface area contributed by atoms with Crippen LogP contribution in [0, 0.1) is 17.3 Å². The molecular formula is C34H57N3O5. The molecule has 3 saturated heterocycles. The van der Waals surface area contributed by atoms with Crippen molar-refractivity contribution in [1.82, 2.24) is 14.7 Å². The molecule has 42 heavy (non-hydrogen) atoms. The second-order valence-electron chi connectivity index (χ2n) is 14.8. The van der Waals surface area contributed by atoms with Crippen LogP contribution in [0.4, 0.5) is 0 Å². The summed E-state index contributed by atoms with van der Waals surface area (Å²) in [5.74, 6) is -1.68. The molecule has 5 atom stereocenters. The second-order valence-corrected chi connectivity index (χ2v) is 14.8. The molecule has 0 aromatic rings. The number of aliphatic hydroxyl groups is 1. The summed E-state index contributed by atoms with van der Waals surface area (Å²) in [5.41, 5.74) is -2.37. The van der Waals surface area contributed by atoms with Gasteiger partial charge < -0.3 is 24.5 Å². The Morgan fingerprint density at radius 1 is 1.05 bits per heavy atom. The van der Waals surface area contributed by atoms with Crippen molar-refractivity contribution in [3.63, 3.8) is 0 Å². The van der Waals surface area contributed by atoms with E-state index in [1.807, 2.05) is 18.7 Å². The van der Waals surface area contributed by atoms with Gasteiger partial charge in [-0.05, 0) is 64.7 Å². The van der Waals surface area contributed by atoms with E-state index in [9.17, 15) is 19.5 Å². The zero-order valence-electron chi connectivity index (χ0n) is 27.4. The van der Waals surface area contributed by atoms with E-state index in [0.29, 0.717) is 45.4 Å². The van der Waals surface area contributed by atoms with E-state index in [2.05, 4.69) is 47.8 Å². The number of hydrogen-bond donors (Lipinski definition) is 1. The van der Waals surface area contributed by atoms with Crippen LogP contribution in [0.1, 0.15) is 99.8 Å². The predicted molar refractivity (Wildman–Crippen MR) is 167 cm³/mol. The van der Waals surface area contributed by atoms with Gasteiger partial charge in [0, 0.05) is 38.3 Å². The summed E-state index contributed by atoms with van der Waals surface area (Å²) in [7, 11) is 0. The SMILES string of the molecule is C=CCN(CCC)C(=O)[C@H]1[C@H]2C(=O)N(CCCCCCO)C(C(=O)N(CC=C)C(C)(C)CC(C)(C)C)C23CC[C@]1(C)O3. The maximum absolute atomic E-state index is 14.9. The highest BCUT2D eigenvalue weighted by atomic mass is 16.5. The largest absolute Gasteiger partial charge is 0.396 e. The van der Waals surface area contributed by atoms with Gasteiger partial charge in [-0.3, -0.25) is 14.4 Å². The first kappa shape index (κ1) is 34.3. The van der Waals surface area contributed by atoms with Crippen molar-refractivity contribution < 1.29 is 24.2 Å². The molecule has 0 radical (unpaired) electrons. The Kier molecular flexibility index (Phi) is 10.8. The fraction of sp³-hybridized carbons (Fsp3) is 0.794. The van der Waals surface area contributed by atoms with Crippen molar-refractivity contribution in [3.8, 4) is 0 Å². The zero-order valence-corrected chi connectivity index (χ0v) is 27.4. The van der Waals surface area contributed by atoms with Crippen LogP contribution < -0.4 is 0 Å². The van der Waals surface area contributed by atoms with Gasteiger partial charge in [0.15, 0.2) is 0 Å². The minimum Gasteiger partial charge on any atom is -0.396 e. The van der Waals surface area contributed by atoms with E-state index in [4.69, 9.17) is 4.74 Å². The van der Waals surface area contributed by atoms with Gasteiger partial charge in [0.05, 0.1) is 17.4 Å². The Labute approximate surface area is 254 Å². The van der Waals surface area contributed by atoms with Crippen molar-refractivity contribution in [1.29, 1.82) is 0 Å². The molecule has 3 heterocycles. The van der Waals surface area contributed by atoms with Gasteiger partial charge in [-0.2, -0.15) is 0 Å². The average Bonchev–Trinajstić information content (AvgIpc) is 3.45. The highest BCUT2D eigenvalue weighted by Gasteiger charge is 2.78. The molecule has 238 valence electrons. The standard InChI is InChI=1S/C34H57N3O5/c1-10-19-35(20-11-2)28(39)25-26-29(40)36(22-15-13-14-16-23-38)27(34(26)18-17-33(25,9)42-34)30(41)37(21-12-3)32(7,8)24-31(4,5)6/h10,12,25-27,38H,1,3,11,13-24H2,2,4-9H3/t25-,26+,27?,33+,34?/m1/s1. The van der Waals surface area contributed by atoms with E-state index in [1.54, 1.807) is 22.0 Å². The van der Waals surface area contributed by atoms with Crippen molar-refractivity contribution in [2.75, 3.05) is 32.8 Å². The molecule has 0 aromatic carbocycles. The minimum absolute atomic E-state index is 0.0247. The monoisotopic (exact) mass is 587 g/mol. The quantitative estimate of drug-likeness (QED) is 0.204. The molecule has 8 nitrogen and oxygen atoms in total. The topological polar surface area (TPSA) is 90.4 Å². The zero-order chi connectivity index (χ0) is 31.5. The fourth-order valence-electron chi connectivity index (χ4n) is 8.29. The predicted octanol–water partition coefficient (Wildman–Crippen LogP) is 4.96. The van der Waals surface area contributed by atoms with E-state index in [-0.39, 0.29) is 29.7 Å². The number of amides is 3. The third kappa shape index (κ3) is 6.50. The molecule has 0 aromatic heterocycles. The first-order valence-corrected chi connectivity index (χ1v) is 16.1. The number of carbonyl (C=O) groups excluding carboxylic acids is 3. The van der Waals surface area contributed by atoms with Crippen LogP contribution in [-0.2, 0) is 19.1 Å². The third-order valence-corrected chi connectivity index (χ3v) is 9.51. The van der Waals surface area contributed by atoms with Crippen LogP contribution >= 0.6 is 0 Å². The summed E-state index contributed by atoms with van der Waals surface area (Å²) in [6.07, 6.45) is 9.39. The van der Waals surface area contributed by atoms with Gasteiger partial charge in [-0.25, -0.2) is 0 Å². The van der Waals surface area contributed by atoms with Crippen LogP contribution in [0.3, 0.4) is 0 Å². The lowest BCUT2D eigenvalue weighted by molar-refractivity contribution is -0.157. The second kappa shape index (κ2) is 13.2. The summed E-state index contributed by atoms with van der Waals surface area (Å²) >= 11 is 0. The van der Waals surface area contributed by atoms with Gasteiger partial charge >= 0.3 is 0 Å². The number of nitrogens with zero attached hydrogens (tertiary/aromatic N) is 3. The number of rotatable bonds is 16. The molecule has 2 bridgehead atoms. The van der Waals surface area contributed by atoms with Crippen molar-refractivity contribution >= 4 is 17.7 Å². The first-order chi connectivity index (χ1) is 19.6. The van der Waals surface area contributed by atoms with E-state index in [1.165, 1.54) is 0 Å². The fourth-order valence-corrected chi connectivity index (χ4v) is 8.29. The first-order valence-electron chi connectivity index (χ1n) is 16.1. The van der Waals surface area contributed by atoms with Crippen LogP contribution in [-0.4, -0.2) is 93.1 Å². The number of unbranched alkanes of at least 4 members (excludes halogenated alkanes) is 3. The van der Waals surface area contributed by atoms with E-state index >= 15 is 0 Å². The lowest BCUT2D eigenvalue weighted by Crippen LogP contribution is -2.61. The summed E-state index contributed by atoms with van der Waals surface area (Å²) in [5, 5.41) is 9.23. The molecule has 3 rings (SSSR count). The van der Waals surface area contributed by atoms with Gasteiger partial charge in [-0.15, -0.1) is 13.2 Å². The summed E-state index contributed by atoms with van der Waals surface area (Å²) in [6.45, 7) is 24.4. The highest BCUT2D eigenvalue weighted by Crippen LogP contribution is 2.63. The maximum Gasteiger partial charge on any atom is 0.249 e. The Bertz CT molecular complexity index is 1020. The van der Waals surface area contributed by atoms with Crippen LogP contribution in [0.15, 0.2) is 25.3 Å². The number of likely N-dealkylation sites (tertiary alicyclic amines) is 1. The molecular weight excluding hydrogens is 530 g/mol. The number of fused-ring (bicyclic) bond motifs is 1. The Morgan fingerprint density at radius 2 is 1.69 bits per heavy atom. The molecule has 1 spiro atoms. The third-order valence-electron chi connectivity index (χ3n) is 9.51. The summed E-state index contributed by atoms with van der Waals surface area (Å²) in [6, 6.07) is -0.800. The van der Waals surface area contributed by atoms with Gasteiger partial charge in [0.2, 0.25) is 17.7 Å². The Morgan fingerprint density at radius 3 is 2.26 bits per heavy atom. The maximum atomic E-state index is 14.9. The van der Waals surface area contributed by atoms with E-state index in [0.717, 1.165) is 32.1 Å². The van der Waals surface area contributed by atoms with Crippen molar-refractivity contribution in [2.45, 2.75) is 123 Å².